The third-order valence-corrected chi connectivity index (χ3v) is 2.68. The van der Waals surface area contributed by atoms with Crippen molar-refractivity contribution in [1.82, 2.24) is 5.32 Å². The first-order valence-electron chi connectivity index (χ1n) is 5.62. The number of hydrogen-bond acceptors (Lipinski definition) is 3. The number of alkyl carbamates (subject to hydrolysis) is 1. The Balaban J connectivity index is 2.87. The zero-order chi connectivity index (χ0) is 14.6. The molecule has 1 amide bonds. The highest BCUT2D eigenvalue weighted by Gasteiger charge is 2.21. The maximum atomic E-state index is 11.6. The van der Waals surface area contributed by atoms with E-state index in [4.69, 9.17) is 27.9 Å². The van der Waals surface area contributed by atoms with Gasteiger partial charge in [0.15, 0.2) is 0 Å². The van der Waals surface area contributed by atoms with Crippen molar-refractivity contribution in [3.05, 3.63) is 33.8 Å². The van der Waals surface area contributed by atoms with Crippen molar-refractivity contribution in [2.24, 2.45) is 0 Å². The molecular weight excluding hydrogens is 289 g/mol. The van der Waals surface area contributed by atoms with Crippen LogP contribution in [0, 0.1) is 0 Å². The molecule has 4 nitrogen and oxygen atoms in total. The van der Waals surface area contributed by atoms with Gasteiger partial charge in [-0.15, -0.1) is 0 Å². The molecule has 1 N–H and O–H groups in total. The standard InChI is InChI=1S/C13H15Cl2NO3/c1-13(2,3)19-12(18)16-11(7-17)9-6-8(14)4-5-10(9)15/h4-7,11H,1-3H3,(H,16,18). The lowest BCUT2D eigenvalue weighted by molar-refractivity contribution is -0.109. The van der Waals surface area contributed by atoms with Gasteiger partial charge >= 0.3 is 6.09 Å². The van der Waals surface area contributed by atoms with E-state index in [1.807, 2.05) is 0 Å². The average molecular weight is 304 g/mol. The van der Waals surface area contributed by atoms with E-state index in [1.54, 1.807) is 32.9 Å². The Bertz CT molecular complexity index is 483. The molecule has 0 aliphatic heterocycles. The van der Waals surface area contributed by atoms with Gasteiger partial charge in [-0.1, -0.05) is 23.2 Å². The van der Waals surface area contributed by atoms with Gasteiger partial charge in [0.2, 0.25) is 0 Å². The van der Waals surface area contributed by atoms with Gasteiger partial charge in [0.05, 0.1) is 0 Å². The molecule has 0 aliphatic carbocycles. The highest BCUT2D eigenvalue weighted by Crippen LogP contribution is 2.25. The molecule has 19 heavy (non-hydrogen) atoms. The molecule has 1 atom stereocenters. The first-order valence-corrected chi connectivity index (χ1v) is 6.38. The van der Waals surface area contributed by atoms with E-state index in [0.717, 1.165) is 0 Å². The van der Waals surface area contributed by atoms with Crippen LogP contribution in [-0.2, 0) is 9.53 Å². The van der Waals surface area contributed by atoms with Crippen molar-refractivity contribution >= 4 is 35.6 Å². The van der Waals surface area contributed by atoms with Crippen LogP contribution in [0.2, 0.25) is 10.0 Å². The average Bonchev–Trinajstić information content (AvgIpc) is 2.27. The number of amides is 1. The Morgan fingerprint density at radius 3 is 2.53 bits per heavy atom. The molecule has 104 valence electrons. The second-order valence-electron chi connectivity index (χ2n) is 4.93. The van der Waals surface area contributed by atoms with Crippen LogP contribution in [0.3, 0.4) is 0 Å². The van der Waals surface area contributed by atoms with Gasteiger partial charge in [-0.2, -0.15) is 0 Å². The number of benzene rings is 1. The van der Waals surface area contributed by atoms with Crippen LogP contribution < -0.4 is 5.32 Å². The molecule has 0 heterocycles. The van der Waals surface area contributed by atoms with Crippen molar-refractivity contribution in [3.63, 3.8) is 0 Å². The number of aldehydes is 1. The summed E-state index contributed by atoms with van der Waals surface area (Å²) in [6.45, 7) is 5.19. The summed E-state index contributed by atoms with van der Waals surface area (Å²) in [6.07, 6.45) is -0.123. The van der Waals surface area contributed by atoms with Gasteiger partial charge in [-0.3, -0.25) is 0 Å². The molecule has 0 bridgehead atoms. The fourth-order valence-electron chi connectivity index (χ4n) is 1.37. The summed E-state index contributed by atoms with van der Waals surface area (Å²) in [6, 6.07) is 3.79. The molecule has 0 saturated carbocycles. The van der Waals surface area contributed by atoms with E-state index in [-0.39, 0.29) is 0 Å². The summed E-state index contributed by atoms with van der Waals surface area (Å²) in [5, 5.41) is 3.21. The number of nitrogens with one attached hydrogen (secondary N) is 1. The number of halogens is 2. The predicted octanol–water partition coefficient (Wildman–Crippen LogP) is 3.76. The monoisotopic (exact) mass is 303 g/mol. The Morgan fingerprint density at radius 2 is 2.00 bits per heavy atom. The van der Waals surface area contributed by atoms with Gasteiger partial charge < -0.3 is 14.8 Å². The summed E-state index contributed by atoms with van der Waals surface area (Å²) >= 11 is 11.8. The molecule has 6 heteroatoms. The molecule has 1 rings (SSSR count). The van der Waals surface area contributed by atoms with E-state index < -0.39 is 17.7 Å². The molecule has 0 spiro atoms. The smallest absolute Gasteiger partial charge is 0.408 e. The SMILES string of the molecule is CC(C)(C)OC(=O)NC(C=O)c1cc(Cl)ccc1Cl. The minimum Gasteiger partial charge on any atom is -0.444 e. The lowest BCUT2D eigenvalue weighted by atomic mass is 10.1. The molecule has 0 aliphatic rings. The number of rotatable bonds is 3. The highest BCUT2D eigenvalue weighted by atomic mass is 35.5. The van der Waals surface area contributed by atoms with Crippen molar-refractivity contribution < 1.29 is 14.3 Å². The molecule has 1 aromatic carbocycles. The summed E-state index contributed by atoms with van der Waals surface area (Å²) in [5.74, 6) is 0. The largest absolute Gasteiger partial charge is 0.444 e. The van der Waals surface area contributed by atoms with Crippen LogP contribution >= 0.6 is 23.2 Å². The number of hydrogen-bond donors (Lipinski definition) is 1. The van der Waals surface area contributed by atoms with E-state index in [0.29, 0.717) is 21.9 Å². The molecule has 1 unspecified atom stereocenters. The predicted molar refractivity (Wildman–Crippen MR) is 74.6 cm³/mol. The summed E-state index contributed by atoms with van der Waals surface area (Å²) in [5.41, 5.74) is -0.217. The summed E-state index contributed by atoms with van der Waals surface area (Å²) < 4.78 is 5.08. The van der Waals surface area contributed by atoms with Crippen molar-refractivity contribution in [1.29, 1.82) is 0 Å². The number of ether oxygens (including phenoxy) is 1. The topological polar surface area (TPSA) is 55.4 Å². The molecule has 0 saturated heterocycles. The second-order valence-corrected chi connectivity index (χ2v) is 5.77. The first-order chi connectivity index (χ1) is 8.73. The Morgan fingerprint density at radius 1 is 1.37 bits per heavy atom. The molecular formula is C13H15Cl2NO3. The van der Waals surface area contributed by atoms with Crippen LogP contribution in [-0.4, -0.2) is 18.0 Å². The molecule has 0 radical (unpaired) electrons. The van der Waals surface area contributed by atoms with Gasteiger partial charge in [0.1, 0.15) is 17.9 Å². The fraction of sp³-hybridized carbons (Fsp3) is 0.385. The molecule has 0 fully saturated rings. The third-order valence-electron chi connectivity index (χ3n) is 2.10. The molecule has 1 aromatic rings. The van der Waals surface area contributed by atoms with E-state index in [9.17, 15) is 9.59 Å². The quantitative estimate of drug-likeness (QED) is 0.865. The Kier molecular flexibility index (Phi) is 5.20. The van der Waals surface area contributed by atoms with Crippen LogP contribution in [0.25, 0.3) is 0 Å². The number of carbonyl (C=O) groups excluding carboxylic acids is 2. The van der Waals surface area contributed by atoms with E-state index in [2.05, 4.69) is 5.32 Å². The van der Waals surface area contributed by atoms with E-state index >= 15 is 0 Å². The van der Waals surface area contributed by atoms with Crippen molar-refractivity contribution in [2.75, 3.05) is 0 Å². The maximum absolute atomic E-state index is 11.6. The summed E-state index contributed by atoms with van der Waals surface area (Å²) in [7, 11) is 0. The van der Waals surface area contributed by atoms with Gasteiger partial charge in [-0.05, 0) is 39.0 Å². The Hall–Kier alpha value is -1.26. The normalized spacial score (nSPS) is 12.7. The van der Waals surface area contributed by atoms with Crippen LogP contribution in [0.4, 0.5) is 4.79 Å². The van der Waals surface area contributed by atoms with Crippen molar-refractivity contribution in [2.45, 2.75) is 32.4 Å². The zero-order valence-corrected chi connectivity index (χ0v) is 12.4. The van der Waals surface area contributed by atoms with E-state index in [1.165, 1.54) is 6.07 Å². The Labute approximate surface area is 122 Å². The minimum absolute atomic E-state index is 0.345. The first kappa shape index (κ1) is 15.8. The summed E-state index contributed by atoms with van der Waals surface area (Å²) in [4.78, 5) is 22.7. The third kappa shape index (κ3) is 5.09. The molecule has 0 aromatic heterocycles. The van der Waals surface area contributed by atoms with Crippen LogP contribution in [0.15, 0.2) is 18.2 Å². The lowest BCUT2D eigenvalue weighted by Crippen LogP contribution is -2.35. The fourth-order valence-corrected chi connectivity index (χ4v) is 1.79. The maximum Gasteiger partial charge on any atom is 0.408 e. The van der Waals surface area contributed by atoms with Crippen molar-refractivity contribution in [3.8, 4) is 0 Å². The van der Waals surface area contributed by atoms with Crippen LogP contribution in [0.5, 0.6) is 0 Å². The minimum atomic E-state index is -0.902. The highest BCUT2D eigenvalue weighted by molar-refractivity contribution is 6.33. The second kappa shape index (κ2) is 6.26. The number of carbonyl (C=O) groups is 2. The zero-order valence-electron chi connectivity index (χ0n) is 10.9. The van der Waals surface area contributed by atoms with Gasteiger partial charge in [0, 0.05) is 15.6 Å². The van der Waals surface area contributed by atoms with Gasteiger partial charge in [0.25, 0.3) is 0 Å². The van der Waals surface area contributed by atoms with Gasteiger partial charge in [-0.25, -0.2) is 4.79 Å². The van der Waals surface area contributed by atoms with Crippen LogP contribution in [0.1, 0.15) is 32.4 Å². The lowest BCUT2D eigenvalue weighted by Gasteiger charge is -2.22.